The molecule has 21 heavy (non-hydrogen) atoms. The van der Waals surface area contributed by atoms with Crippen molar-refractivity contribution in [1.29, 1.82) is 0 Å². The van der Waals surface area contributed by atoms with Crippen LogP contribution in [0.15, 0.2) is 11.6 Å². The Kier molecular flexibility index (Phi) is 4.52. The maximum absolute atomic E-state index is 12.4. The van der Waals surface area contributed by atoms with Gasteiger partial charge in [-0.15, -0.1) is 11.3 Å². The second-order valence-corrected chi connectivity index (χ2v) is 5.43. The Hall–Kier alpha value is -1.61. The third-order valence-corrected chi connectivity index (χ3v) is 3.72. The lowest BCUT2D eigenvalue weighted by Gasteiger charge is -2.22. The molecule has 0 saturated heterocycles. The number of aryl methyl sites for hydroxylation is 1. The summed E-state index contributed by atoms with van der Waals surface area (Å²) in [6.07, 6.45) is -2.92. The van der Waals surface area contributed by atoms with Crippen LogP contribution in [0.3, 0.4) is 0 Å². The molecule has 9 heteroatoms. The van der Waals surface area contributed by atoms with Crippen molar-refractivity contribution in [2.75, 3.05) is 19.7 Å². The molecule has 2 heterocycles. The Bertz CT molecular complexity index is 635. The summed E-state index contributed by atoms with van der Waals surface area (Å²) in [5.41, 5.74) is 1.36. The van der Waals surface area contributed by atoms with Gasteiger partial charge in [0.1, 0.15) is 6.54 Å². The maximum Gasteiger partial charge on any atom is 0.406 e. The monoisotopic (exact) mass is 321 g/mol. The first kappa shape index (κ1) is 15.8. The first-order valence-electron chi connectivity index (χ1n) is 6.17. The number of halogens is 3. The third-order valence-electron chi connectivity index (χ3n) is 2.83. The van der Waals surface area contributed by atoms with Crippen LogP contribution in [0.4, 0.5) is 13.2 Å². The number of aromatic nitrogens is 2. The van der Waals surface area contributed by atoms with Gasteiger partial charge in [-0.2, -0.15) is 13.2 Å². The van der Waals surface area contributed by atoms with Crippen LogP contribution in [-0.2, 0) is 11.2 Å². The van der Waals surface area contributed by atoms with E-state index in [0.717, 1.165) is 5.69 Å². The molecule has 5 nitrogen and oxygen atoms in total. The van der Waals surface area contributed by atoms with Crippen molar-refractivity contribution in [2.24, 2.45) is 0 Å². The molecule has 0 aliphatic carbocycles. The van der Waals surface area contributed by atoms with Crippen LogP contribution in [0.2, 0.25) is 0 Å². The van der Waals surface area contributed by atoms with Crippen molar-refractivity contribution in [3.8, 4) is 0 Å². The quantitative estimate of drug-likeness (QED) is 0.911. The summed E-state index contributed by atoms with van der Waals surface area (Å²) in [7, 11) is 0. The predicted molar refractivity (Wildman–Crippen MR) is 71.2 cm³/mol. The van der Waals surface area contributed by atoms with Gasteiger partial charge in [-0.1, -0.05) is 0 Å². The molecule has 0 radical (unpaired) electrons. The number of amides is 1. The highest BCUT2D eigenvalue weighted by molar-refractivity contribution is 7.15. The van der Waals surface area contributed by atoms with Crippen LogP contribution in [-0.4, -0.2) is 51.2 Å². The molecule has 0 aromatic carbocycles. The minimum absolute atomic E-state index is 0.161. The average Bonchev–Trinajstić information content (AvgIpc) is 2.88. The Balaban J connectivity index is 2.14. The van der Waals surface area contributed by atoms with Crippen molar-refractivity contribution in [3.05, 3.63) is 23.0 Å². The molecule has 1 N–H and O–H groups in total. The van der Waals surface area contributed by atoms with Gasteiger partial charge in [0.05, 0.1) is 18.7 Å². The Morgan fingerprint density at radius 2 is 2.24 bits per heavy atom. The molecule has 0 spiro atoms. The zero-order chi connectivity index (χ0) is 15.6. The highest BCUT2D eigenvalue weighted by atomic mass is 32.1. The lowest BCUT2D eigenvalue weighted by Crippen LogP contribution is -2.41. The number of aliphatic hydroxyl groups is 1. The zero-order valence-electron chi connectivity index (χ0n) is 11.2. The van der Waals surface area contributed by atoms with Gasteiger partial charge >= 0.3 is 6.18 Å². The Morgan fingerprint density at radius 3 is 2.86 bits per heavy atom. The molecular weight excluding hydrogens is 307 g/mol. The van der Waals surface area contributed by atoms with E-state index in [4.69, 9.17) is 5.11 Å². The molecule has 0 unspecified atom stereocenters. The van der Waals surface area contributed by atoms with Crippen molar-refractivity contribution in [2.45, 2.75) is 19.5 Å². The second kappa shape index (κ2) is 6.02. The van der Waals surface area contributed by atoms with Gasteiger partial charge in [-0.3, -0.25) is 9.20 Å². The number of hydrogen-bond acceptors (Lipinski definition) is 4. The van der Waals surface area contributed by atoms with Gasteiger partial charge in [-0.05, 0) is 6.92 Å². The summed E-state index contributed by atoms with van der Waals surface area (Å²) in [5, 5.41) is 10.5. The van der Waals surface area contributed by atoms with E-state index in [1.165, 1.54) is 11.3 Å². The van der Waals surface area contributed by atoms with Gasteiger partial charge in [0.2, 0.25) is 5.91 Å². The summed E-state index contributed by atoms with van der Waals surface area (Å²) in [4.78, 5) is 17.5. The first-order chi connectivity index (χ1) is 9.80. The minimum Gasteiger partial charge on any atom is -0.395 e. The minimum atomic E-state index is -4.49. The van der Waals surface area contributed by atoms with E-state index in [9.17, 15) is 18.0 Å². The van der Waals surface area contributed by atoms with Crippen LogP contribution in [0.5, 0.6) is 0 Å². The van der Waals surface area contributed by atoms with E-state index >= 15 is 0 Å². The lowest BCUT2D eigenvalue weighted by atomic mass is 10.3. The van der Waals surface area contributed by atoms with E-state index in [-0.39, 0.29) is 13.0 Å². The number of carbonyl (C=O) groups excluding carboxylic acids is 1. The van der Waals surface area contributed by atoms with Crippen molar-refractivity contribution < 1.29 is 23.1 Å². The Morgan fingerprint density at radius 1 is 1.52 bits per heavy atom. The van der Waals surface area contributed by atoms with Gasteiger partial charge in [-0.25, -0.2) is 4.98 Å². The maximum atomic E-state index is 12.4. The SMILES string of the molecule is Cc1cn2c(CC(=O)N(CCO)CC(F)(F)F)csc2n1. The van der Waals surface area contributed by atoms with Crippen LogP contribution in [0.1, 0.15) is 11.4 Å². The fourth-order valence-electron chi connectivity index (χ4n) is 1.96. The summed E-state index contributed by atoms with van der Waals surface area (Å²) in [5.74, 6) is -0.674. The molecule has 0 bridgehead atoms. The van der Waals surface area contributed by atoms with E-state index in [1.807, 2.05) is 0 Å². The van der Waals surface area contributed by atoms with Gasteiger partial charge in [0.25, 0.3) is 0 Å². The van der Waals surface area contributed by atoms with Crippen LogP contribution in [0, 0.1) is 6.92 Å². The molecule has 2 aromatic rings. The van der Waals surface area contributed by atoms with E-state index < -0.39 is 25.2 Å². The van der Waals surface area contributed by atoms with Gasteiger partial charge in [0, 0.05) is 23.8 Å². The number of thiazole rings is 1. The molecule has 116 valence electrons. The molecule has 2 aromatic heterocycles. The van der Waals surface area contributed by atoms with Gasteiger partial charge in [0.15, 0.2) is 4.96 Å². The smallest absolute Gasteiger partial charge is 0.395 e. The Labute approximate surface area is 122 Å². The predicted octanol–water partition coefficient (Wildman–Crippen LogP) is 1.63. The van der Waals surface area contributed by atoms with Crippen molar-refractivity contribution >= 4 is 22.2 Å². The van der Waals surface area contributed by atoms with E-state index in [1.54, 1.807) is 22.9 Å². The molecule has 1 amide bonds. The fourth-order valence-corrected chi connectivity index (χ4v) is 2.88. The number of carbonyl (C=O) groups is 1. The van der Waals surface area contributed by atoms with E-state index in [0.29, 0.717) is 15.6 Å². The van der Waals surface area contributed by atoms with Crippen LogP contribution >= 0.6 is 11.3 Å². The average molecular weight is 321 g/mol. The first-order valence-corrected chi connectivity index (χ1v) is 7.05. The van der Waals surface area contributed by atoms with Crippen molar-refractivity contribution in [3.63, 3.8) is 0 Å². The standard InChI is InChI=1S/C12H14F3N3O2S/c1-8-5-18-9(6-21-11(18)16-8)4-10(20)17(2-3-19)7-12(13,14)15/h5-6,19H,2-4,7H2,1H3. The summed E-state index contributed by atoms with van der Waals surface area (Å²) in [6, 6.07) is 0. The number of fused-ring (bicyclic) bond motifs is 1. The summed E-state index contributed by atoms with van der Waals surface area (Å²) >= 11 is 1.32. The highest BCUT2D eigenvalue weighted by Crippen LogP contribution is 2.20. The molecule has 0 fully saturated rings. The van der Waals surface area contributed by atoms with Crippen molar-refractivity contribution in [1.82, 2.24) is 14.3 Å². The molecular formula is C12H14F3N3O2S. The van der Waals surface area contributed by atoms with Crippen LogP contribution < -0.4 is 0 Å². The molecule has 0 saturated carbocycles. The normalized spacial score (nSPS) is 12.0. The highest BCUT2D eigenvalue weighted by Gasteiger charge is 2.32. The number of alkyl halides is 3. The number of imidazole rings is 1. The van der Waals surface area contributed by atoms with Crippen LogP contribution in [0.25, 0.3) is 4.96 Å². The molecule has 0 atom stereocenters. The molecule has 0 aliphatic rings. The fraction of sp³-hybridized carbons (Fsp3) is 0.500. The number of rotatable bonds is 5. The number of hydrogen-bond donors (Lipinski definition) is 1. The summed E-state index contributed by atoms with van der Waals surface area (Å²) in [6.45, 7) is -0.407. The largest absolute Gasteiger partial charge is 0.406 e. The van der Waals surface area contributed by atoms with Gasteiger partial charge < -0.3 is 10.0 Å². The third kappa shape index (κ3) is 3.94. The summed E-state index contributed by atoms with van der Waals surface area (Å²) < 4.78 is 39.0. The topological polar surface area (TPSA) is 57.8 Å². The lowest BCUT2D eigenvalue weighted by molar-refractivity contribution is -0.161. The second-order valence-electron chi connectivity index (χ2n) is 4.59. The molecule has 0 aliphatic heterocycles. The number of nitrogens with zero attached hydrogens (tertiary/aromatic N) is 3. The zero-order valence-corrected chi connectivity index (χ0v) is 12.0. The number of aliphatic hydroxyl groups excluding tert-OH is 1. The van der Waals surface area contributed by atoms with E-state index in [2.05, 4.69) is 4.98 Å². The molecule has 2 rings (SSSR count).